The first-order valence-corrected chi connectivity index (χ1v) is 7.74. The van der Waals surface area contributed by atoms with Crippen molar-refractivity contribution in [2.75, 3.05) is 0 Å². The van der Waals surface area contributed by atoms with E-state index in [2.05, 4.69) is 35.2 Å². The van der Waals surface area contributed by atoms with Crippen LogP contribution in [0.1, 0.15) is 44.1 Å². The molecule has 2 saturated heterocycles. The predicted octanol–water partition coefficient (Wildman–Crippen LogP) is 3.29. The summed E-state index contributed by atoms with van der Waals surface area (Å²) in [5.41, 5.74) is 1.38. The van der Waals surface area contributed by atoms with Gasteiger partial charge in [0.05, 0.1) is 0 Å². The molecule has 2 fully saturated rings. The zero-order valence-electron chi connectivity index (χ0n) is 11.9. The Balaban J connectivity index is 1.69. The monoisotopic (exact) mass is 273 g/mol. The molecule has 2 atom stereocenters. The molecule has 1 N–H and O–H groups in total. The van der Waals surface area contributed by atoms with Crippen LogP contribution in [0.3, 0.4) is 0 Å². The molecule has 2 bridgehead atoms. The van der Waals surface area contributed by atoms with Gasteiger partial charge in [-0.15, -0.1) is 0 Å². The van der Waals surface area contributed by atoms with Crippen LogP contribution in [0.15, 0.2) is 30.3 Å². The molecule has 0 radical (unpaired) electrons. The van der Waals surface area contributed by atoms with E-state index in [1.807, 2.05) is 0 Å². The van der Waals surface area contributed by atoms with Gasteiger partial charge in [0.15, 0.2) is 0 Å². The summed E-state index contributed by atoms with van der Waals surface area (Å²) in [7, 11) is 0. The lowest BCUT2D eigenvalue weighted by atomic mass is 9.77. The fraction of sp³-hybridized carbons (Fsp3) is 0.588. The minimum atomic E-state index is -0.635. The highest BCUT2D eigenvalue weighted by Gasteiger charge is 2.38. The quantitative estimate of drug-likeness (QED) is 0.915. The summed E-state index contributed by atoms with van der Waals surface area (Å²) < 4.78 is 0. The fourth-order valence-electron chi connectivity index (χ4n) is 4.06. The number of piperidine rings is 2. The van der Waals surface area contributed by atoms with Gasteiger partial charge in [0.1, 0.15) is 0 Å². The molecule has 0 aliphatic carbocycles. The first kappa shape index (κ1) is 13.6. The second-order valence-corrected chi connectivity index (χ2v) is 6.33. The van der Waals surface area contributed by atoms with Crippen molar-refractivity contribution in [2.45, 2.75) is 57.2 Å². The van der Waals surface area contributed by atoms with E-state index in [1.54, 1.807) is 0 Å². The molecule has 2 heterocycles. The van der Waals surface area contributed by atoms with Gasteiger partial charge in [0.25, 0.3) is 0 Å². The summed E-state index contributed by atoms with van der Waals surface area (Å²) in [6.45, 7) is 1.02. The molecular formula is C17H23NO2. The van der Waals surface area contributed by atoms with Gasteiger partial charge >= 0.3 is 5.97 Å². The Hall–Kier alpha value is -1.35. The first-order valence-electron chi connectivity index (χ1n) is 7.74. The number of aliphatic carboxylic acids is 1. The molecule has 2 aliphatic rings. The minimum absolute atomic E-state index is 0.353. The highest BCUT2D eigenvalue weighted by atomic mass is 16.4. The van der Waals surface area contributed by atoms with Gasteiger partial charge in [-0.05, 0) is 37.2 Å². The summed E-state index contributed by atoms with van der Waals surface area (Å²) in [4.78, 5) is 13.6. The predicted molar refractivity (Wildman–Crippen MR) is 78.4 cm³/mol. The van der Waals surface area contributed by atoms with E-state index >= 15 is 0 Å². The van der Waals surface area contributed by atoms with Crippen molar-refractivity contribution in [2.24, 2.45) is 5.92 Å². The Morgan fingerprint density at radius 1 is 1.15 bits per heavy atom. The standard InChI is InChI=1S/C17H23NO2/c19-17(20)11-14-9-15-7-4-8-16(10-14)18(15)12-13-5-2-1-3-6-13/h1-3,5-6,14-16H,4,7-12H2,(H,19,20). The van der Waals surface area contributed by atoms with E-state index in [1.165, 1.54) is 24.8 Å². The number of carboxylic acid groups (broad SMARTS) is 1. The average Bonchev–Trinajstić information content (AvgIpc) is 2.40. The van der Waals surface area contributed by atoms with Crippen LogP contribution in [0.2, 0.25) is 0 Å². The summed E-state index contributed by atoms with van der Waals surface area (Å²) in [5, 5.41) is 9.02. The van der Waals surface area contributed by atoms with Crippen LogP contribution >= 0.6 is 0 Å². The van der Waals surface area contributed by atoms with E-state index in [0.717, 1.165) is 19.4 Å². The molecule has 1 aromatic carbocycles. The molecule has 3 rings (SSSR count). The number of benzene rings is 1. The topological polar surface area (TPSA) is 40.5 Å². The molecule has 3 heteroatoms. The number of hydrogen-bond acceptors (Lipinski definition) is 2. The van der Waals surface area contributed by atoms with Crippen LogP contribution in [0.5, 0.6) is 0 Å². The third-order valence-electron chi connectivity index (χ3n) is 4.89. The van der Waals surface area contributed by atoms with E-state index < -0.39 is 5.97 Å². The van der Waals surface area contributed by atoms with Gasteiger partial charge < -0.3 is 5.11 Å². The number of fused-ring (bicyclic) bond motifs is 2. The molecule has 2 unspecified atom stereocenters. The third kappa shape index (κ3) is 3.04. The molecule has 108 valence electrons. The molecule has 1 aromatic rings. The van der Waals surface area contributed by atoms with Gasteiger partial charge in [-0.1, -0.05) is 36.8 Å². The number of carbonyl (C=O) groups is 1. The minimum Gasteiger partial charge on any atom is -0.481 e. The second-order valence-electron chi connectivity index (χ2n) is 6.33. The lowest BCUT2D eigenvalue weighted by Gasteiger charge is -2.49. The van der Waals surface area contributed by atoms with Crippen LogP contribution in [0, 0.1) is 5.92 Å². The maximum absolute atomic E-state index is 10.9. The summed E-state index contributed by atoms with van der Waals surface area (Å²) in [6.07, 6.45) is 6.26. The zero-order chi connectivity index (χ0) is 13.9. The van der Waals surface area contributed by atoms with Gasteiger partial charge in [0, 0.05) is 25.0 Å². The average molecular weight is 273 g/mol. The van der Waals surface area contributed by atoms with Crippen molar-refractivity contribution in [3.8, 4) is 0 Å². The number of rotatable bonds is 4. The van der Waals surface area contributed by atoms with Crippen molar-refractivity contribution in [1.82, 2.24) is 4.90 Å². The largest absolute Gasteiger partial charge is 0.481 e. The lowest BCUT2D eigenvalue weighted by Crippen LogP contribution is -2.51. The molecule has 3 nitrogen and oxygen atoms in total. The van der Waals surface area contributed by atoms with Gasteiger partial charge in [-0.25, -0.2) is 0 Å². The third-order valence-corrected chi connectivity index (χ3v) is 4.89. The Labute approximate surface area is 120 Å². The first-order chi connectivity index (χ1) is 9.72. The SMILES string of the molecule is O=C(O)CC1CC2CCCC(C1)N2Cc1ccccc1. The van der Waals surface area contributed by atoms with Gasteiger partial charge in [-0.2, -0.15) is 0 Å². The molecule has 0 amide bonds. The highest BCUT2D eigenvalue weighted by molar-refractivity contribution is 5.67. The summed E-state index contributed by atoms with van der Waals surface area (Å²) in [5.74, 6) is -0.251. The van der Waals surface area contributed by atoms with Crippen LogP contribution in [-0.4, -0.2) is 28.1 Å². The van der Waals surface area contributed by atoms with Crippen LogP contribution in [-0.2, 0) is 11.3 Å². The Morgan fingerprint density at radius 3 is 2.40 bits per heavy atom. The van der Waals surface area contributed by atoms with Crippen molar-refractivity contribution >= 4 is 5.97 Å². The van der Waals surface area contributed by atoms with E-state index in [9.17, 15) is 4.79 Å². The van der Waals surface area contributed by atoms with Crippen molar-refractivity contribution < 1.29 is 9.90 Å². The number of nitrogens with zero attached hydrogens (tertiary/aromatic N) is 1. The Bertz CT molecular complexity index is 445. The Morgan fingerprint density at radius 2 is 1.80 bits per heavy atom. The maximum Gasteiger partial charge on any atom is 0.303 e. The molecule has 0 saturated carbocycles. The fourth-order valence-corrected chi connectivity index (χ4v) is 4.06. The summed E-state index contributed by atoms with van der Waals surface area (Å²) in [6, 6.07) is 11.8. The van der Waals surface area contributed by atoms with Crippen molar-refractivity contribution in [3.63, 3.8) is 0 Å². The molecule has 0 aromatic heterocycles. The van der Waals surface area contributed by atoms with E-state index in [-0.39, 0.29) is 0 Å². The normalized spacial score (nSPS) is 30.1. The van der Waals surface area contributed by atoms with Crippen molar-refractivity contribution in [3.05, 3.63) is 35.9 Å². The van der Waals surface area contributed by atoms with Gasteiger partial charge in [0.2, 0.25) is 0 Å². The molecule has 20 heavy (non-hydrogen) atoms. The number of carboxylic acids is 1. The summed E-state index contributed by atoms with van der Waals surface area (Å²) >= 11 is 0. The van der Waals surface area contributed by atoms with Crippen LogP contribution < -0.4 is 0 Å². The van der Waals surface area contributed by atoms with E-state index in [0.29, 0.717) is 24.4 Å². The second kappa shape index (κ2) is 5.96. The molecule has 0 spiro atoms. The number of hydrogen-bond donors (Lipinski definition) is 1. The van der Waals surface area contributed by atoms with Crippen LogP contribution in [0.25, 0.3) is 0 Å². The van der Waals surface area contributed by atoms with Gasteiger partial charge in [-0.3, -0.25) is 9.69 Å². The molecular weight excluding hydrogens is 250 g/mol. The molecule has 2 aliphatic heterocycles. The lowest BCUT2D eigenvalue weighted by molar-refractivity contribution is -0.139. The smallest absolute Gasteiger partial charge is 0.303 e. The highest BCUT2D eigenvalue weighted by Crippen LogP contribution is 2.39. The zero-order valence-corrected chi connectivity index (χ0v) is 11.9. The maximum atomic E-state index is 10.9. The Kier molecular flexibility index (Phi) is 4.06. The van der Waals surface area contributed by atoms with E-state index in [4.69, 9.17) is 5.11 Å². The van der Waals surface area contributed by atoms with Crippen LogP contribution in [0.4, 0.5) is 0 Å². The van der Waals surface area contributed by atoms with Crippen molar-refractivity contribution in [1.29, 1.82) is 0 Å².